The second kappa shape index (κ2) is 8.85. The number of fused-ring (bicyclic) bond motifs is 1. The third-order valence-electron chi connectivity index (χ3n) is 4.74. The van der Waals surface area contributed by atoms with E-state index in [2.05, 4.69) is 9.98 Å². The first kappa shape index (κ1) is 20.4. The van der Waals surface area contributed by atoms with E-state index in [1.807, 2.05) is 30.3 Å². The maximum absolute atomic E-state index is 12.8. The average molecular weight is 432 g/mol. The van der Waals surface area contributed by atoms with Gasteiger partial charge in [0, 0.05) is 29.2 Å². The van der Waals surface area contributed by atoms with Crippen molar-refractivity contribution in [1.29, 1.82) is 0 Å². The van der Waals surface area contributed by atoms with Gasteiger partial charge in [-0.05, 0) is 41.5 Å². The lowest BCUT2D eigenvalue weighted by molar-refractivity contribution is 0.415. The number of aliphatic imine (C=N–C) groups is 1. The fraction of sp³-hybridized carbons (Fsp3) is 0.0417. The summed E-state index contributed by atoms with van der Waals surface area (Å²) in [5.41, 5.74) is 1.83. The Hall–Kier alpha value is -3.90. The van der Waals surface area contributed by atoms with Crippen molar-refractivity contribution in [1.82, 2.24) is 9.55 Å². The van der Waals surface area contributed by atoms with E-state index in [4.69, 9.17) is 16.3 Å². The van der Waals surface area contributed by atoms with E-state index in [0.717, 1.165) is 21.3 Å². The molecular weight excluding hydrogens is 414 g/mol. The first-order valence-corrected chi connectivity index (χ1v) is 9.82. The van der Waals surface area contributed by atoms with E-state index in [0.29, 0.717) is 21.7 Å². The van der Waals surface area contributed by atoms with E-state index >= 15 is 0 Å². The van der Waals surface area contributed by atoms with Gasteiger partial charge in [0.15, 0.2) is 0 Å². The summed E-state index contributed by atoms with van der Waals surface area (Å²) in [7, 11) is 1.57. The Morgan fingerprint density at radius 3 is 2.61 bits per heavy atom. The Morgan fingerprint density at radius 2 is 1.84 bits per heavy atom. The predicted octanol–water partition coefficient (Wildman–Crippen LogP) is 4.57. The summed E-state index contributed by atoms with van der Waals surface area (Å²) in [6.07, 6.45) is 4.38. The molecule has 0 saturated carbocycles. The number of hydrogen-bond donors (Lipinski definition) is 1. The largest absolute Gasteiger partial charge is 0.497 e. The number of aromatic nitrogens is 2. The van der Waals surface area contributed by atoms with E-state index in [1.165, 1.54) is 12.4 Å². The van der Waals surface area contributed by atoms with Gasteiger partial charge in [-0.25, -0.2) is 9.36 Å². The fourth-order valence-corrected chi connectivity index (χ4v) is 3.39. The highest BCUT2D eigenvalue weighted by molar-refractivity contribution is 6.33. The monoisotopic (exact) mass is 431 g/mol. The van der Waals surface area contributed by atoms with Crippen molar-refractivity contribution in [3.05, 3.63) is 104 Å². The number of nitrogens with one attached hydrogen (secondary N) is 1. The SMILES string of the molecule is COc1ccc(Cl)c(-c2ccc3c(=O)n(/C=C/N=Cc4ccccc4)c(=O)[nH]c3c2)c1. The molecule has 4 aromatic rings. The van der Waals surface area contributed by atoms with Crippen molar-refractivity contribution in [3.8, 4) is 16.9 Å². The Labute approximate surface area is 182 Å². The number of ether oxygens (including phenoxy) is 1. The number of methoxy groups -OCH3 is 1. The van der Waals surface area contributed by atoms with Crippen LogP contribution in [0, 0.1) is 0 Å². The summed E-state index contributed by atoms with van der Waals surface area (Å²) >= 11 is 6.33. The molecule has 0 atom stereocenters. The Morgan fingerprint density at radius 1 is 1.03 bits per heavy atom. The van der Waals surface area contributed by atoms with Gasteiger partial charge in [0.25, 0.3) is 5.56 Å². The summed E-state index contributed by atoms with van der Waals surface area (Å²) in [5, 5.41) is 0.911. The molecule has 0 aliphatic rings. The number of nitrogens with zero attached hydrogens (tertiary/aromatic N) is 2. The average Bonchev–Trinajstić information content (AvgIpc) is 2.79. The lowest BCUT2D eigenvalue weighted by atomic mass is 10.0. The molecular formula is C24H18ClN3O3. The van der Waals surface area contributed by atoms with Crippen LogP contribution in [0.15, 0.2) is 87.5 Å². The standard InChI is InChI=1S/C24H18ClN3O3/c1-31-18-8-10-21(25)20(14-18)17-7-9-19-22(13-17)27-24(30)28(23(19)29)12-11-26-15-16-5-3-2-4-6-16/h2-15H,1H3,(H,27,30)/b12-11+,26-15?. The second-order valence-electron chi connectivity index (χ2n) is 6.70. The van der Waals surface area contributed by atoms with Gasteiger partial charge in [0.05, 0.1) is 18.0 Å². The van der Waals surface area contributed by atoms with Crippen molar-refractivity contribution >= 4 is 34.9 Å². The second-order valence-corrected chi connectivity index (χ2v) is 7.11. The van der Waals surface area contributed by atoms with Gasteiger partial charge in [-0.3, -0.25) is 9.79 Å². The van der Waals surface area contributed by atoms with Crippen LogP contribution in [0.5, 0.6) is 5.75 Å². The summed E-state index contributed by atoms with van der Waals surface area (Å²) in [6.45, 7) is 0. The molecule has 0 unspecified atom stereocenters. The summed E-state index contributed by atoms with van der Waals surface area (Å²) in [6, 6.07) is 20.0. The van der Waals surface area contributed by atoms with E-state index < -0.39 is 11.2 Å². The van der Waals surface area contributed by atoms with Crippen molar-refractivity contribution in [2.75, 3.05) is 7.11 Å². The van der Waals surface area contributed by atoms with Crippen LogP contribution in [-0.2, 0) is 0 Å². The lowest BCUT2D eigenvalue weighted by Gasteiger charge is -2.09. The normalized spacial score (nSPS) is 11.5. The van der Waals surface area contributed by atoms with Gasteiger partial charge >= 0.3 is 5.69 Å². The van der Waals surface area contributed by atoms with Crippen LogP contribution in [0.1, 0.15) is 5.56 Å². The van der Waals surface area contributed by atoms with Crippen LogP contribution in [0.3, 0.4) is 0 Å². The highest BCUT2D eigenvalue weighted by Gasteiger charge is 2.10. The first-order chi connectivity index (χ1) is 15.1. The van der Waals surface area contributed by atoms with Crippen LogP contribution in [0.4, 0.5) is 0 Å². The van der Waals surface area contributed by atoms with E-state index in [9.17, 15) is 9.59 Å². The molecule has 0 fully saturated rings. The van der Waals surface area contributed by atoms with Crippen LogP contribution in [-0.4, -0.2) is 22.9 Å². The number of benzene rings is 3. The molecule has 6 nitrogen and oxygen atoms in total. The molecule has 0 amide bonds. The van der Waals surface area contributed by atoms with Crippen LogP contribution in [0.25, 0.3) is 28.2 Å². The Kier molecular flexibility index (Phi) is 5.82. The smallest absolute Gasteiger partial charge is 0.333 e. The predicted molar refractivity (Wildman–Crippen MR) is 125 cm³/mol. The van der Waals surface area contributed by atoms with Gasteiger partial charge in [0.2, 0.25) is 0 Å². The third-order valence-corrected chi connectivity index (χ3v) is 5.07. The molecule has 31 heavy (non-hydrogen) atoms. The minimum absolute atomic E-state index is 0.374. The summed E-state index contributed by atoms with van der Waals surface area (Å²) in [4.78, 5) is 32.2. The molecule has 0 aliphatic carbocycles. The molecule has 1 N–H and O–H groups in total. The van der Waals surface area contributed by atoms with Gasteiger partial charge in [-0.15, -0.1) is 0 Å². The summed E-state index contributed by atoms with van der Waals surface area (Å²) < 4.78 is 6.25. The lowest BCUT2D eigenvalue weighted by Crippen LogP contribution is -2.31. The minimum atomic E-state index is -0.558. The van der Waals surface area contributed by atoms with Gasteiger partial charge in [-0.2, -0.15) is 0 Å². The molecule has 0 spiro atoms. The molecule has 7 heteroatoms. The highest BCUT2D eigenvalue weighted by Crippen LogP contribution is 2.32. The number of H-pyrrole nitrogens is 1. The minimum Gasteiger partial charge on any atom is -0.497 e. The first-order valence-electron chi connectivity index (χ1n) is 9.44. The summed E-state index contributed by atoms with van der Waals surface area (Å²) in [5.74, 6) is 0.657. The van der Waals surface area contributed by atoms with E-state index in [1.54, 1.807) is 49.7 Å². The zero-order valence-electron chi connectivity index (χ0n) is 16.6. The Bertz CT molecular complexity index is 1420. The van der Waals surface area contributed by atoms with Crippen molar-refractivity contribution in [3.63, 3.8) is 0 Å². The molecule has 0 bridgehead atoms. The molecule has 0 aliphatic heterocycles. The molecule has 1 heterocycles. The molecule has 0 radical (unpaired) electrons. The number of aromatic amines is 1. The molecule has 154 valence electrons. The Balaban J connectivity index is 1.71. The highest BCUT2D eigenvalue weighted by atomic mass is 35.5. The quantitative estimate of drug-likeness (QED) is 0.470. The number of halogens is 1. The molecule has 0 saturated heterocycles. The van der Waals surface area contributed by atoms with Crippen LogP contribution < -0.4 is 16.0 Å². The van der Waals surface area contributed by atoms with Gasteiger partial charge in [-0.1, -0.05) is 48.0 Å². The molecule has 1 aromatic heterocycles. The van der Waals surface area contributed by atoms with Crippen molar-refractivity contribution in [2.24, 2.45) is 4.99 Å². The maximum atomic E-state index is 12.8. The van der Waals surface area contributed by atoms with Crippen LogP contribution in [0.2, 0.25) is 5.02 Å². The van der Waals surface area contributed by atoms with Crippen molar-refractivity contribution in [2.45, 2.75) is 0 Å². The fourth-order valence-electron chi connectivity index (χ4n) is 3.16. The zero-order chi connectivity index (χ0) is 21.8. The van der Waals surface area contributed by atoms with Gasteiger partial charge in [0.1, 0.15) is 5.75 Å². The molecule has 3 aromatic carbocycles. The number of hydrogen-bond acceptors (Lipinski definition) is 4. The van der Waals surface area contributed by atoms with Gasteiger partial charge < -0.3 is 9.72 Å². The van der Waals surface area contributed by atoms with Crippen molar-refractivity contribution < 1.29 is 4.74 Å². The van der Waals surface area contributed by atoms with Crippen LogP contribution >= 0.6 is 11.6 Å². The maximum Gasteiger partial charge on any atom is 0.333 e. The van der Waals surface area contributed by atoms with E-state index in [-0.39, 0.29) is 0 Å². The zero-order valence-corrected chi connectivity index (χ0v) is 17.3. The molecule has 4 rings (SSSR count). The number of rotatable bonds is 5. The third kappa shape index (κ3) is 4.34. The topological polar surface area (TPSA) is 76.5 Å².